The molecule has 3 aliphatic rings. The molecule has 0 saturated heterocycles. The number of hydrogen-bond acceptors (Lipinski definition) is 0. The fourth-order valence-corrected chi connectivity index (χ4v) is 10.7. The van der Waals surface area contributed by atoms with Crippen LogP contribution in [0, 0.1) is 0 Å². The maximum absolute atomic E-state index is 5.95. The van der Waals surface area contributed by atoms with Gasteiger partial charge in [-0.25, -0.2) is 0 Å². The van der Waals surface area contributed by atoms with E-state index in [9.17, 15) is 0 Å². The summed E-state index contributed by atoms with van der Waals surface area (Å²) >= 11 is -3.02. The van der Waals surface area contributed by atoms with Crippen LogP contribution in [0.5, 0.6) is 0 Å². The van der Waals surface area contributed by atoms with E-state index in [0.717, 1.165) is 24.5 Å². The summed E-state index contributed by atoms with van der Waals surface area (Å²) in [6, 6.07) is 4.22. The van der Waals surface area contributed by atoms with Crippen LogP contribution in [0.15, 0.2) is 24.3 Å². The van der Waals surface area contributed by atoms with Crippen molar-refractivity contribution in [1.82, 2.24) is 0 Å². The first-order chi connectivity index (χ1) is 11.6. The van der Waals surface area contributed by atoms with Gasteiger partial charge in [0, 0.05) is 0 Å². The molecule has 4 rings (SSSR count). The molecule has 1 aromatic rings. The van der Waals surface area contributed by atoms with Gasteiger partial charge >= 0.3 is 77.8 Å². The van der Waals surface area contributed by atoms with Crippen LogP contribution < -0.4 is 0 Å². The molecule has 0 unspecified atom stereocenters. The predicted molar refractivity (Wildman–Crippen MR) is 110 cm³/mol. The van der Waals surface area contributed by atoms with Gasteiger partial charge in [-0.2, -0.15) is 0 Å². The average molecular weight is 490 g/mol. The number of nitrogens with zero attached hydrogens (tertiary/aromatic N) is 2. The van der Waals surface area contributed by atoms with Gasteiger partial charge in [0.1, 0.15) is 0 Å². The van der Waals surface area contributed by atoms with E-state index in [1.807, 2.05) is 0 Å². The van der Waals surface area contributed by atoms with E-state index >= 15 is 0 Å². The second-order valence-corrected chi connectivity index (χ2v) is 27.6. The van der Waals surface area contributed by atoms with E-state index in [1.165, 1.54) is 43.2 Å². The Bertz CT molecular complexity index is 591. The van der Waals surface area contributed by atoms with Crippen molar-refractivity contribution >= 4 is 65.3 Å². The second-order valence-electron chi connectivity index (χ2n) is 6.30. The molecule has 0 radical (unpaired) electrons. The minimum absolute atomic E-state index is 0.507. The van der Waals surface area contributed by atoms with Crippen LogP contribution in [0.4, 0.5) is 11.4 Å². The van der Waals surface area contributed by atoms with Crippen molar-refractivity contribution in [3.05, 3.63) is 46.0 Å². The molecular formula is C18H21Cl3N2Sn-2. The molecule has 24 heavy (non-hydrogen) atoms. The SMILES string of the molecule is C1=Cc2ccc3c(c2[N-]C1)[N-]CC=C3.[Cl][Sn]([Cl])([Cl])[CH]1CCCCC1. The Morgan fingerprint density at radius 1 is 0.792 bits per heavy atom. The molecule has 1 aliphatic carbocycles. The van der Waals surface area contributed by atoms with Crippen molar-refractivity contribution in [1.29, 1.82) is 0 Å². The van der Waals surface area contributed by atoms with Crippen LogP contribution in [0.3, 0.4) is 0 Å². The molecule has 0 aromatic heterocycles. The van der Waals surface area contributed by atoms with Crippen LogP contribution >= 0.6 is 26.8 Å². The van der Waals surface area contributed by atoms with Crippen molar-refractivity contribution in [3.8, 4) is 0 Å². The molecular weight excluding hydrogens is 469 g/mol. The van der Waals surface area contributed by atoms with Gasteiger partial charge in [-0.05, 0) is 11.1 Å². The standard InChI is InChI=1S/C12H10N2.C6H11.3ClH.Sn/c1-3-9-5-6-10-4-2-8-14-12(10)11(9)13-7-1;1-2-4-6-5-3-1;;;;/h1-6H,7-8H2;1H,2-6H2;3*1H;/q-2;;;;;+3/p-3. The predicted octanol–water partition coefficient (Wildman–Crippen LogP) is 7.73. The van der Waals surface area contributed by atoms with Gasteiger partial charge < -0.3 is 10.6 Å². The van der Waals surface area contributed by atoms with Gasteiger partial charge in [0.05, 0.1) is 0 Å². The molecule has 0 amide bonds. The average Bonchev–Trinajstić information content (AvgIpc) is 2.62. The van der Waals surface area contributed by atoms with Gasteiger partial charge in [0.25, 0.3) is 0 Å². The summed E-state index contributed by atoms with van der Waals surface area (Å²) < 4.78 is 0.507. The Balaban J connectivity index is 0.000000150. The van der Waals surface area contributed by atoms with E-state index in [4.69, 9.17) is 26.8 Å². The molecule has 130 valence electrons. The van der Waals surface area contributed by atoms with Gasteiger partial charge in [0.2, 0.25) is 0 Å². The topological polar surface area (TPSA) is 28.2 Å². The van der Waals surface area contributed by atoms with Crippen molar-refractivity contribution in [3.63, 3.8) is 0 Å². The van der Waals surface area contributed by atoms with Crippen molar-refractivity contribution in [2.75, 3.05) is 13.1 Å². The summed E-state index contributed by atoms with van der Waals surface area (Å²) in [5.41, 5.74) is 4.51. The summed E-state index contributed by atoms with van der Waals surface area (Å²) in [7, 11) is 17.9. The molecule has 1 aromatic carbocycles. The second kappa shape index (κ2) is 8.57. The number of rotatable bonds is 1. The maximum atomic E-state index is 5.95. The number of hydrogen-bond donors (Lipinski definition) is 0. The summed E-state index contributed by atoms with van der Waals surface area (Å²) in [4.78, 5) is 0. The minimum atomic E-state index is -3.02. The Labute approximate surface area is 159 Å². The molecule has 0 atom stereocenters. The Kier molecular flexibility index (Phi) is 6.69. The fourth-order valence-electron chi connectivity index (χ4n) is 3.29. The first-order valence-corrected chi connectivity index (χ1v) is 21.0. The van der Waals surface area contributed by atoms with Crippen molar-refractivity contribution in [2.24, 2.45) is 0 Å². The fraction of sp³-hybridized carbons (Fsp3) is 0.444. The van der Waals surface area contributed by atoms with Gasteiger partial charge in [-0.1, -0.05) is 24.3 Å². The van der Waals surface area contributed by atoms with Gasteiger partial charge in [-0.3, -0.25) is 0 Å². The zero-order valence-corrected chi connectivity index (χ0v) is 18.6. The quantitative estimate of drug-likeness (QED) is 0.361. The molecule has 0 N–H and O–H groups in total. The van der Waals surface area contributed by atoms with Gasteiger partial charge in [-0.15, -0.1) is 36.6 Å². The van der Waals surface area contributed by atoms with Gasteiger partial charge in [0.15, 0.2) is 0 Å². The number of benzene rings is 1. The van der Waals surface area contributed by atoms with E-state index < -0.39 is 15.0 Å². The van der Waals surface area contributed by atoms with Crippen molar-refractivity contribution < 1.29 is 0 Å². The molecule has 6 heteroatoms. The third-order valence-corrected chi connectivity index (χ3v) is 15.1. The monoisotopic (exact) mass is 490 g/mol. The van der Waals surface area contributed by atoms with E-state index in [0.29, 0.717) is 3.93 Å². The van der Waals surface area contributed by atoms with Crippen LogP contribution in [0.1, 0.15) is 43.2 Å². The Morgan fingerprint density at radius 3 is 1.71 bits per heavy atom. The first-order valence-electron chi connectivity index (χ1n) is 8.47. The molecule has 2 nitrogen and oxygen atoms in total. The number of fused-ring (bicyclic) bond motifs is 3. The third kappa shape index (κ3) is 4.78. The Hall–Kier alpha value is -0.0313. The molecule has 1 saturated carbocycles. The summed E-state index contributed by atoms with van der Waals surface area (Å²) in [5, 5.41) is 8.98. The first kappa shape index (κ1) is 18.8. The number of halogens is 3. The molecule has 2 heterocycles. The molecule has 1 fully saturated rings. The van der Waals surface area contributed by atoms with Crippen molar-refractivity contribution in [2.45, 2.75) is 36.0 Å². The van der Waals surface area contributed by atoms with Crippen LogP contribution in [0.2, 0.25) is 3.93 Å². The van der Waals surface area contributed by atoms with Crippen LogP contribution in [0.25, 0.3) is 22.8 Å². The zero-order chi connectivity index (χ0) is 17.0. The van der Waals surface area contributed by atoms with Crippen LogP contribution in [-0.2, 0) is 0 Å². The zero-order valence-electron chi connectivity index (χ0n) is 13.5. The summed E-state index contributed by atoms with van der Waals surface area (Å²) in [6.45, 7) is 1.56. The third-order valence-electron chi connectivity index (χ3n) is 4.59. The van der Waals surface area contributed by atoms with E-state index in [2.05, 4.69) is 47.1 Å². The normalized spacial score (nSPS) is 19.3. The van der Waals surface area contributed by atoms with Crippen LogP contribution in [-0.4, -0.2) is 28.1 Å². The van der Waals surface area contributed by atoms with E-state index in [1.54, 1.807) is 0 Å². The molecule has 0 bridgehead atoms. The summed E-state index contributed by atoms with van der Waals surface area (Å²) in [6.07, 6.45) is 14.6. The van der Waals surface area contributed by atoms with E-state index in [-0.39, 0.29) is 0 Å². The Morgan fingerprint density at radius 2 is 1.29 bits per heavy atom. The summed E-state index contributed by atoms with van der Waals surface area (Å²) in [5.74, 6) is 0. The molecule has 2 aliphatic heterocycles. The molecule has 0 spiro atoms.